The van der Waals surface area contributed by atoms with Gasteiger partial charge in [0.15, 0.2) is 0 Å². The Morgan fingerprint density at radius 2 is 1.79 bits per heavy atom. The van der Waals surface area contributed by atoms with E-state index in [0.717, 1.165) is 17.7 Å². The van der Waals surface area contributed by atoms with Gasteiger partial charge in [0.25, 0.3) is 15.9 Å². The number of benzene rings is 2. The standard InChI is InChI=1S/C20H25N3O3S.ClH/c1-14-4-9-19(12-15(14)2)27(25,26)22-18-7-5-17(6-8-18)20(24)23-11-10-21-16(3)13-23;/h4-9,12,16,21-22H,10-11,13H2,1-3H3;1H. The zero-order chi connectivity index (χ0) is 19.6. The number of hydrogen-bond donors (Lipinski definition) is 2. The van der Waals surface area contributed by atoms with E-state index in [9.17, 15) is 13.2 Å². The van der Waals surface area contributed by atoms with Crippen LogP contribution in [0.3, 0.4) is 0 Å². The van der Waals surface area contributed by atoms with Gasteiger partial charge in [-0.1, -0.05) is 6.07 Å². The first kappa shape index (κ1) is 22.2. The third-order valence-electron chi connectivity index (χ3n) is 4.83. The van der Waals surface area contributed by atoms with Gasteiger partial charge in [-0.05, 0) is 68.3 Å². The summed E-state index contributed by atoms with van der Waals surface area (Å²) in [5, 5.41) is 3.31. The van der Waals surface area contributed by atoms with Crippen molar-refractivity contribution in [1.82, 2.24) is 10.2 Å². The molecule has 1 atom stereocenters. The summed E-state index contributed by atoms with van der Waals surface area (Å²) >= 11 is 0. The van der Waals surface area contributed by atoms with Crippen molar-refractivity contribution in [2.75, 3.05) is 24.4 Å². The minimum Gasteiger partial charge on any atom is -0.336 e. The summed E-state index contributed by atoms with van der Waals surface area (Å²) in [5.74, 6) is -0.0353. The summed E-state index contributed by atoms with van der Waals surface area (Å²) in [5.41, 5.74) is 2.94. The molecule has 0 aliphatic carbocycles. The van der Waals surface area contributed by atoms with Crippen molar-refractivity contribution in [1.29, 1.82) is 0 Å². The second-order valence-corrected chi connectivity index (χ2v) is 8.72. The molecule has 0 aromatic heterocycles. The number of piperazine rings is 1. The molecule has 1 unspecified atom stereocenters. The number of nitrogens with zero attached hydrogens (tertiary/aromatic N) is 1. The molecular weight excluding hydrogens is 398 g/mol. The third-order valence-corrected chi connectivity index (χ3v) is 6.21. The normalized spacial score (nSPS) is 17.0. The quantitative estimate of drug-likeness (QED) is 0.792. The van der Waals surface area contributed by atoms with Gasteiger partial charge in [0, 0.05) is 36.9 Å². The van der Waals surface area contributed by atoms with Crippen LogP contribution in [0.4, 0.5) is 5.69 Å². The monoisotopic (exact) mass is 423 g/mol. The number of carbonyl (C=O) groups is 1. The average Bonchev–Trinajstić information content (AvgIpc) is 2.63. The highest BCUT2D eigenvalue weighted by Crippen LogP contribution is 2.20. The molecule has 0 radical (unpaired) electrons. The van der Waals surface area contributed by atoms with Crippen molar-refractivity contribution in [2.45, 2.75) is 31.7 Å². The summed E-state index contributed by atoms with van der Waals surface area (Å²) < 4.78 is 27.7. The maximum atomic E-state index is 12.6. The van der Waals surface area contributed by atoms with E-state index >= 15 is 0 Å². The van der Waals surface area contributed by atoms with Crippen LogP contribution >= 0.6 is 12.4 Å². The molecule has 28 heavy (non-hydrogen) atoms. The van der Waals surface area contributed by atoms with E-state index in [4.69, 9.17) is 0 Å². The minimum atomic E-state index is -3.67. The molecule has 1 fully saturated rings. The highest BCUT2D eigenvalue weighted by atomic mass is 35.5. The number of anilines is 1. The third kappa shape index (κ3) is 5.04. The molecule has 152 valence electrons. The van der Waals surface area contributed by atoms with E-state index in [1.807, 2.05) is 25.7 Å². The van der Waals surface area contributed by atoms with E-state index in [1.54, 1.807) is 42.5 Å². The molecule has 0 saturated carbocycles. The Bertz CT molecular complexity index is 946. The van der Waals surface area contributed by atoms with Crippen LogP contribution in [0.1, 0.15) is 28.4 Å². The van der Waals surface area contributed by atoms with E-state index in [2.05, 4.69) is 10.0 Å². The summed E-state index contributed by atoms with van der Waals surface area (Å²) in [4.78, 5) is 14.6. The summed E-state index contributed by atoms with van der Waals surface area (Å²) in [6, 6.07) is 11.9. The Morgan fingerprint density at radius 1 is 1.11 bits per heavy atom. The Balaban J connectivity index is 0.00000280. The van der Waals surface area contributed by atoms with Crippen LogP contribution in [0.2, 0.25) is 0 Å². The predicted molar refractivity (Wildman–Crippen MR) is 114 cm³/mol. The van der Waals surface area contributed by atoms with Crippen LogP contribution in [0.25, 0.3) is 0 Å². The molecule has 8 heteroatoms. The van der Waals surface area contributed by atoms with Crippen LogP contribution in [0.5, 0.6) is 0 Å². The number of carbonyl (C=O) groups excluding carboxylic acids is 1. The lowest BCUT2D eigenvalue weighted by molar-refractivity contribution is 0.0709. The van der Waals surface area contributed by atoms with Gasteiger partial charge >= 0.3 is 0 Å². The zero-order valence-corrected chi connectivity index (χ0v) is 17.9. The van der Waals surface area contributed by atoms with Crippen molar-refractivity contribution < 1.29 is 13.2 Å². The lowest BCUT2D eigenvalue weighted by atomic mass is 10.1. The fraction of sp³-hybridized carbons (Fsp3) is 0.350. The molecule has 0 spiro atoms. The maximum absolute atomic E-state index is 12.6. The number of sulfonamides is 1. The van der Waals surface area contributed by atoms with Gasteiger partial charge in [-0.3, -0.25) is 9.52 Å². The van der Waals surface area contributed by atoms with E-state index in [-0.39, 0.29) is 29.3 Å². The molecule has 0 bridgehead atoms. The van der Waals surface area contributed by atoms with Crippen LogP contribution in [-0.4, -0.2) is 44.9 Å². The fourth-order valence-corrected chi connectivity index (χ4v) is 4.22. The summed E-state index contributed by atoms with van der Waals surface area (Å²) in [6.45, 7) is 7.98. The smallest absolute Gasteiger partial charge is 0.261 e. The Kier molecular flexibility index (Phi) is 7.09. The fourth-order valence-electron chi connectivity index (χ4n) is 3.08. The van der Waals surface area contributed by atoms with Crippen LogP contribution in [0.15, 0.2) is 47.4 Å². The Labute approximate surface area is 172 Å². The SMILES string of the molecule is Cc1ccc(S(=O)(=O)Nc2ccc(C(=O)N3CCNC(C)C3)cc2)cc1C.Cl. The van der Waals surface area contributed by atoms with Crippen LogP contribution in [-0.2, 0) is 10.0 Å². The van der Waals surface area contributed by atoms with Gasteiger partial charge < -0.3 is 10.2 Å². The second kappa shape index (κ2) is 8.94. The molecule has 2 aromatic carbocycles. The number of amides is 1. The highest BCUT2D eigenvalue weighted by molar-refractivity contribution is 7.92. The molecule has 2 aromatic rings. The van der Waals surface area contributed by atoms with Crippen molar-refractivity contribution in [3.8, 4) is 0 Å². The summed E-state index contributed by atoms with van der Waals surface area (Å²) in [7, 11) is -3.67. The molecule has 1 aliphatic rings. The van der Waals surface area contributed by atoms with Gasteiger partial charge in [0.2, 0.25) is 0 Å². The molecule has 1 aliphatic heterocycles. The van der Waals surface area contributed by atoms with Gasteiger partial charge in [0.1, 0.15) is 0 Å². The lowest BCUT2D eigenvalue weighted by Crippen LogP contribution is -2.51. The second-order valence-electron chi connectivity index (χ2n) is 7.04. The van der Waals surface area contributed by atoms with Crippen molar-refractivity contribution >= 4 is 34.0 Å². The average molecular weight is 424 g/mol. The first-order valence-corrected chi connectivity index (χ1v) is 10.5. The van der Waals surface area contributed by atoms with Gasteiger partial charge in [-0.25, -0.2) is 8.42 Å². The van der Waals surface area contributed by atoms with E-state index in [0.29, 0.717) is 24.3 Å². The number of rotatable bonds is 4. The van der Waals surface area contributed by atoms with Crippen LogP contribution in [0, 0.1) is 13.8 Å². The number of nitrogens with one attached hydrogen (secondary N) is 2. The molecule has 2 N–H and O–H groups in total. The number of hydrogen-bond acceptors (Lipinski definition) is 4. The van der Waals surface area contributed by atoms with E-state index in [1.165, 1.54) is 0 Å². The predicted octanol–water partition coefficient (Wildman–Crippen LogP) is 2.96. The number of aryl methyl sites for hydroxylation is 2. The van der Waals surface area contributed by atoms with Gasteiger partial charge in [-0.2, -0.15) is 0 Å². The van der Waals surface area contributed by atoms with E-state index < -0.39 is 10.0 Å². The van der Waals surface area contributed by atoms with Crippen molar-refractivity contribution in [3.63, 3.8) is 0 Å². The highest BCUT2D eigenvalue weighted by Gasteiger charge is 2.22. The molecule has 3 rings (SSSR count). The molecule has 6 nitrogen and oxygen atoms in total. The first-order chi connectivity index (χ1) is 12.8. The van der Waals surface area contributed by atoms with Gasteiger partial charge in [0.05, 0.1) is 4.90 Å². The Hall–Kier alpha value is -2.09. The largest absolute Gasteiger partial charge is 0.336 e. The maximum Gasteiger partial charge on any atom is 0.261 e. The molecule has 1 saturated heterocycles. The lowest BCUT2D eigenvalue weighted by Gasteiger charge is -2.32. The molecule has 1 heterocycles. The zero-order valence-electron chi connectivity index (χ0n) is 16.2. The molecular formula is C20H26ClN3O3S. The topological polar surface area (TPSA) is 78.5 Å². The van der Waals surface area contributed by atoms with Crippen molar-refractivity contribution in [2.24, 2.45) is 0 Å². The van der Waals surface area contributed by atoms with Gasteiger partial charge in [-0.15, -0.1) is 12.4 Å². The Morgan fingerprint density at radius 3 is 2.39 bits per heavy atom. The number of halogens is 1. The van der Waals surface area contributed by atoms with Crippen LogP contribution < -0.4 is 10.0 Å². The summed E-state index contributed by atoms with van der Waals surface area (Å²) in [6.07, 6.45) is 0. The first-order valence-electron chi connectivity index (χ1n) is 8.99. The minimum absolute atomic E-state index is 0. The van der Waals surface area contributed by atoms with Crippen molar-refractivity contribution in [3.05, 3.63) is 59.2 Å². The molecule has 1 amide bonds.